The summed E-state index contributed by atoms with van der Waals surface area (Å²) in [5, 5.41) is 8.26. The quantitative estimate of drug-likeness (QED) is 0.927. The molecule has 0 amide bonds. The lowest BCUT2D eigenvalue weighted by atomic mass is 10.1. The normalized spacial score (nSPS) is 11.9. The third-order valence-corrected chi connectivity index (χ3v) is 3.52. The van der Waals surface area contributed by atoms with Crippen LogP contribution in [0.4, 0.5) is 4.39 Å². The zero-order chi connectivity index (χ0) is 15.6. The largest absolute Gasteiger partial charge is 0.308 e. The molecule has 0 aliphatic carbocycles. The maximum atomic E-state index is 13.9. The summed E-state index contributed by atoms with van der Waals surface area (Å²) in [6.07, 6.45) is 1.72. The lowest BCUT2D eigenvalue weighted by Gasteiger charge is -2.20. The summed E-state index contributed by atoms with van der Waals surface area (Å²) < 4.78 is 15.6. The molecule has 1 heterocycles. The van der Waals surface area contributed by atoms with Gasteiger partial charge >= 0.3 is 0 Å². The SMILES string of the molecule is Cc1nn(Cc2cc(CNC(C)(C)C)ccc2F)cc1Cl. The maximum absolute atomic E-state index is 13.9. The number of hydrogen-bond acceptors (Lipinski definition) is 2. The van der Waals surface area contributed by atoms with Crippen molar-refractivity contribution in [3.63, 3.8) is 0 Å². The van der Waals surface area contributed by atoms with E-state index in [1.54, 1.807) is 16.9 Å². The predicted molar refractivity (Wildman–Crippen MR) is 84.1 cm³/mol. The lowest BCUT2D eigenvalue weighted by Crippen LogP contribution is -2.35. The summed E-state index contributed by atoms with van der Waals surface area (Å²) in [4.78, 5) is 0. The fourth-order valence-electron chi connectivity index (χ4n) is 1.98. The van der Waals surface area contributed by atoms with E-state index in [-0.39, 0.29) is 11.4 Å². The van der Waals surface area contributed by atoms with Crippen LogP contribution < -0.4 is 5.32 Å². The molecule has 5 heteroatoms. The van der Waals surface area contributed by atoms with Crippen LogP contribution in [0.3, 0.4) is 0 Å². The Hall–Kier alpha value is -1.39. The van der Waals surface area contributed by atoms with Crippen molar-refractivity contribution in [1.82, 2.24) is 15.1 Å². The molecule has 2 rings (SSSR count). The molecule has 0 aliphatic heterocycles. The Balaban J connectivity index is 2.15. The lowest BCUT2D eigenvalue weighted by molar-refractivity contribution is 0.424. The first-order valence-corrected chi connectivity index (χ1v) is 7.34. The summed E-state index contributed by atoms with van der Waals surface area (Å²) in [5.41, 5.74) is 2.45. The molecule has 0 atom stereocenters. The Morgan fingerprint density at radius 2 is 2.05 bits per heavy atom. The summed E-state index contributed by atoms with van der Waals surface area (Å²) in [7, 11) is 0. The smallest absolute Gasteiger partial charge is 0.128 e. The van der Waals surface area contributed by atoms with Crippen LogP contribution in [0.5, 0.6) is 0 Å². The van der Waals surface area contributed by atoms with Crippen molar-refractivity contribution in [2.75, 3.05) is 0 Å². The predicted octanol–water partition coefficient (Wildman–Crippen LogP) is 3.92. The van der Waals surface area contributed by atoms with Gasteiger partial charge in [-0.15, -0.1) is 0 Å². The minimum Gasteiger partial charge on any atom is -0.308 e. The number of aromatic nitrogens is 2. The average molecular weight is 310 g/mol. The Kier molecular flexibility index (Phi) is 4.69. The zero-order valence-electron chi connectivity index (χ0n) is 12.9. The van der Waals surface area contributed by atoms with Crippen LogP contribution in [0.15, 0.2) is 24.4 Å². The fourth-order valence-corrected chi connectivity index (χ4v) is 2.13. The molecule has 0 saturated heterocycles. The van der Waals surface area contributed by atoms with E-state index in [4.69, 9.17) is 11.6 Å². The van der Waals surface area contributed by atoms with E-state index in [1.807, 2.05) is 13.0 Å². The molecule has 0 saturated carbocycles. The van der Waals surface area contributed by atoms with Gasteiger partial charge in [0.1, 0.15) is 5.82 Å². The highest BCUT2D eigenvalue weighted by molar-refractivity contribution is 6.31. The van der Waals surface area contributed by atoms with E-state index in [0.29, 0.717) is 23.7 Å². The van der Waals surface area contributed by atoms with E-state index >= 15 is 0 Å². The molecule has 0 unspecified atom stereocenters. The molecule has 0 fully saturated rings. The number of rotatable bonds is 4. The summed E-state index contributed by atoms with van der Waals surface area (Å²) in [6.45, 7) is 9.22. The molecule has 0 aliphatic rings. The zero-order valence-corrected chi connectivity index (χ0v) is 13.6. The molecule has 3 nitrogen and oxygen atoms in total. The third kappa shape index (κ3) is 4.55. The van der Waals surface area contributed by atoms with E-state index < -0.39 is 0 Å². The number of benzene rings is 1. The van der Waals surface area contributed by atoms with Crippen LogP contribution in [-0.4, -0.2) is 15.3 Å². The standard InChI is InChI=1S/C16H21ClFN3/c1-11-14(17)10-21(20-11)9-13-7-12(5-6-15(13)18)8-19-16(2,3)4/h5-7,10,19H,8-9H2,1-4H3. The van der Waals surface area contributed by atoms with Gasteiger partial charge < -0.3 is 5.32 Å². The average Bonchev–Trinajstić information content (AvgIpc) is 2.68. The number of halogens is 2. The number of aryl methyl sites for hydroxylation is 1. The van der Waals surface area contributed by atoms with Crippen molar-refractivity contribution in [3.05, 3.63) is 52.1 Å². The Labute approximate surface area is 130 Å². The van der Waals surface area contributed by atoms with Gasteiger partial charge in [0.2, 0.25) is 0 Å². The topological polar surface area (TPSA) is 29.9 Å². The molecule has 0 spiro atoms. The van der Waals surface area contributed by atoms with Crippen LogP contribution in [0.25, 0.3) is 0 Å². The second kappa shape index (κ2) is 6.16. The summed E-state index contributed by atoms with van der Waals surface area (Å²) in [5.74, 6) is -0.223. The first-order chi connectivity index (χ1) is 9.74. The molecule has 1 aromatic heterocycles. The minimum atomic E-state index is -0.223. The van der Waals surface area contributed by atoms with Gasteiger partial charge in [0, 0.05) is 23.8 Å². The second-order valence-electron chi connectivity index (χ2n) is 6.29. The second-order valence-corrected chi connectivity index (χ2v) is 6.70. The van der Waals surface area contributed by atoms with E-state index in [9.17, 15) is 4.39 Å². The van der Waals surface area contributed by atoms with Crippen LogP contribution >= 0.6 is 11.6 Å². The van der Waals surface area contributed by atoms with Gasteiger partial charge in [-0.05, 0) is 45.4 Å². The van der Waals surface area contributed by atoms with Gasteiger partial charge in [-0.3, -0.25) is 4.68 Å². The third-order valence-electron chi connectivity index (χ3n) is 3.15. The number of hydrogen-bond donors (Lipinski definition) is 1. The van der Waals surface area contributed by atoms with E-state index in [1.165, 1.54) is 6.07 Å². The molecule has 0 bridgehead atoms. The number of nitrogens with zero attached hydrogens (tertiary/aromatic N) is 2. The van der Waals surface area contributed by atoms with Gasteiger partial charge in [0.05, 0.1) is 17.3 Å². The van der Waals surface area contributed by atoms with Crippen molar-refractivity contribution in [3.8, 4) is 0 Å². The van der Waals surface area contributed by atoms with Gasteiger partial charge in [-0.1, -0.05) is 17.7 Å². The summed E-state index contributed by atoms with van der Waals surface area (Å²) >= 11 is 5.98. The van der Waals surface area contributed by atoms with Gasteiger partial charge in [-0.2, -0.15) is 5.10 Å². The van der Waals surface area contributed by atoms with Crippen molar-refractivity contribution in [1.29, 1.82) is 0 Å². The maximum Gasteiger partial charge on any atom is 0.128 e. The van der Waals surface area contributed by atoms with Gasteiger partial charge in [0.15, 0.2) is 0 Å². The Morgan fingerprint density at radius 1 is 1.33 bits per heavy atom. The van der Waals surface area contributed by atoms with E-state index in [0.717, 1.165) is 11.3 Å². The van der Waals surface area contributed by atoms with Crippen LogP contribution in [0.1, 0.15) is 37.6 Å². The fraction of sp³-hybridized carbons (Fsp3) is 0.438. The monoisotopic (exact) mass is 309 g/mol. The highest BCUT2D eigenvalue weighted by Gasteiger charge is 2.11. The Morgan fingerprint density at radius 3 is 2.62 bits per heavy atom. The van der Waals surface area contributed by atoms with Crippen molar-refractivity contribution in [2.45, 2.75) is 46.3 Å². The molecule has 21 heavy (non-hydrogen) atoms. The highest BCUT2D eigenvalue weighted by atomic mass is 35.5. The Bertz CT molecular complexity index is 609. The molecule has 1 N–H and O–H groups in total. The van der Waals surface area contributed by atoms with Crippen LogP contribution in [0, 0.1) is 12.7 Å². The molecule has 114 valence electrons. The van der Waals surface area contributed by atoms with Crippen molar-refractivity contribution < 1.29 is 4.39 Å². The van der Waals surface area contributed by atoms with Crippen molar-refractivity contribution in [2.24, 2.45) is 0 Å². The molecule has 2 aromatic rings. The summed E-state index contributed by atoms with van der Waals surface area (Å²) in [6, 6.07) is 5.19. The minimum absolute atomic E-state index is 0.0289. The molecule has 0 radical (unpaired) electrons. The van der Waals surface area contributed by atoms with Gasteiger partial charge in [-0.25, -0.2) is 4.39 Å². The van der Waals surface area contributed by atoms with Crippen LogP contribution in [-0.2, 0) is 13.1 Å². The van der Waals surface area contributed by atoms with Crippen LogP contribution in [0.2, 0.25) is 5.02 Å². The first kappa shape index (κ1) is 16.0. The van der Waals surface area contributed by atoms with Crippen molar-refractivity contribution >= 4 is 11.6 Å². The first-order valence-electron chi connectivity index (χ1n) is 6.96. The molecule has 1 aromatic carbocycles. The number of nitrogens with one attached hydrogen (secondary N) is 1. The molecular formula is C16H21ClFN3. The molecular weight excluding hydrogens is 289 g/mol. The van der Waals surface area contributed by atoms with E-state index in [2.05, 4.69) is 31.2 Å². The van der Waals surface area contributed by atoms with Gasteiger partial charge in [0.25, 0.3) is 0 Å². The highest BCUT2D eigenvalue weighted by Crippen LogP contribution is 2.16.